The first-order chi connectivity index (χ1) is 26.7. The van der Waals surface area contributed by atoms with Crippen LogP contribution in [0.5, 0.6) is 0 Å². The molecule has 2 saturated heterocycles. The van der Waals surface area contributed by atoms with Crippen LogP contribution in [0, 0.1) is 56.7 Å². The molecular weight excluding hydrogens is 744 g/mol. The molecule has 15 nitrogen and oxygen atoms in total. The van der Waals surface area contributed by atoms with Crippen LogP contribution in [0.1, 0.15) is 99.3 Å². The van der Waals surface area contributed by atoms with Crippen LogP contribution < -0.4 is 0 Å². The van der Waals surface area contributed by atoms with Crippen molar-refractivity contribution in [2.75, 3.05) is 13.2 Å². The van der Waals surface area contributed by atoms with Gasteiger partial charge in [0.25, 0.3) is 0 Å². The fourth-order valence-corrected chi connectivity index (χ4v) is 14.0. The Kier molecular flexibility index (Phi) is 11.4. The number of carboxylic acids is 2. The van der Waals surface area contributed by atoms with Gasteiger partial charge in [-0.1, -0.05) is 53.2 Å². The van der Waals surface area contributed by atoms with Crippen LogP contribution in [0.3, 0.4) is 0 Å². The van der Waals surface area contributed by atoms with Crippen LogP contribution in [0.25, 0.3) is 0 Å². The predicted molar refractivity (Wildman–Crippen MR) is 200 cm³/mol. The molecule has 0 aromatic heterocycles. The van der Waals surface area contributed by atoms with Gasteiger partial charge in [-0.05, 0) is 104 Å². The molecule has 324 valence electrons. The quantitative estimate of drug-likeness (QED) is 0.125. The van der Waals surface area contributed by atoms with Crippen molar-refractivity contribution in [2.24, 2.45) is 56.7 Å². The highest BCUT2D eigenvalue weighted by atomic mass is 16.8. The molecule has 0 amide bonds. The number of aliphatic carboxylic acids is 2. The fraction of sp³-hybridized carbons (Fsp3) is 0.905. The molecule has 15 heteroatoms. The first kappa shape index (κ1) is 43.3. The van der Waals surface area contributed by atoms with Crippen molar-refractivity contribution >= 4 is 11.9 Å². The van der Waals surface area contributed by atoms with Crippen molar-refractivity contribution < 1.29 is 74.5 Å². The standard InChI is InChI=1S/C42H66O15/c1-19-9-14-41(36(50)51)15-16-42(37(52)53)21(27(41)20(19)2)7-8-25-39(5)12-11-26(38(3,4)24(39)10-13-40(25,42)6)56-35-33(31(48)29(46)23(18-44)55-35)57-34-32(49)30(47)28(45)22(17-43)54-34/h7,19-20,22-35,43-49H,8-18H2,1-6H3,(H,50,51)(H,52,53)/t19-,20+,22-,23-,24+,25-,26+,27+,28-,29-,30+,31+,32-,33-,34+,35+,39+,40-,41+,42-/m1/s1. The summed E-state index contributed by atoms with van der Waals surface area (Å²) in [6.07, 6.45) is -8.81. The summed E-state index contributed by atoms with van der Waals surface area (Å²) in [5, 5.41) is 95.6. The van der Waals surface area contributed by atoms with Crippen molar-refractivity contribution in [2.45, 2.75) is 167 Å². The molecular formula is C42H66O15. The summed E-state index contributed by atoms with van der Waals surface area (Å²) in [7, 11) is 0. The predicted octanol–water partition coefficient (Wildman–Crippen LogP) is 1.80. The molecule has 0 radical (unpaired) electrons. The Morgan fingerprint density at radius 3 is 1.96 bits per heavy atom. The van der Waals surface area contributed by atoms with E-state index in [0.29, 0.717) is 44.9 Å². The Balaban J connectivity index is 1.18. The summed E-state index contributed by atoms with van der Waals surface area (Å²) >= 11 is 0. The zero-order valence-electron chi connectivity index (χ0n) is 34.1. The summed E-state index contributed by atoms with van der Waals surface area (Å²) < 4.78 is 24.3. The third kappa shape index (κ3) is 6.14. The number of ether oxygens (including phenoxy) is 4. The topological polar surface area (TPSA) is 253 Å². The summed E-state index contributed by atoms with van der Waals surface area (Å²) in [6, 6.07) is 0. The molecule has 2 aliphatic heterocycles. The first-order valence-electron chi connectivity index (χ1n) is 21.1. The van der Waals surface area contributed by atoms with Crippen LogP contribution in [0.4, 0.5) is 0 Å². The smallest absolute Gasteiger partial charge is 0.314 e. The Morgan fingerprint density at radius 1 is 0.719 bits per heavy atom. The maximum Gasteiger partial charge on any atom is 0.314 e. The van der Waals surface area contributed by atoms with Crippen LogP contribution in [-0.2, 0) is 28.5 Å². The van der Waals surface area contributed by atoms with E-state index in [0.717, 1.165) is 12.0 Å². The Labute approximate surface area is 334 Å². The first-order valence-corrected chi connectivity index (χ1v) is 21.1. The van der Waals surface area contributed by atoms with Crippen molar-refractivity contribution in [1.82, 2.24) is 0 Å². The summed E-state index contributed by atoms with van der Waals surface area (Å²) in [5.41, 5.74) is -2.87. The van der Waals surface area contributed by atoms with Gasteiger partial charge in [0.15, 0.2) is 12.6 Å². The van der Waals surface area contributed by atoms with E-state index in [1.165, 1.54) is 0 Å². The minimum absolute atomic E-state index is 0.0265. The lowest BCUT2D eigenvalue weighted by Crippen LogP contribution is -2.68. The summed E-state index contributed by atoms with van der Waals surface area (Å²) in [4.78, 5) is 27.1. The lowest BCUT2D eigenvalue weighted by atomic mass is 9.33. The molecule has 4 saturated carbocycles. The minimum atomic E-state index is -1.79. The maximum atomic E-state index is 14.0. The van der Waals surface area contributed by atoms with E-state index in [4.69, 9.17) is 18.9 Å². The van der Waals surface area contributed by atoms with Gasteiger partial charge in [0.05, 0.1) is 30.1 Å². The number of aliphatic hydroxyl groups is 7. The van der Waals surface area contributed by atoms with E-state index in [1.807, 2.05) is 0 Å². The van der Waals surface area contributed by atoms with E-state index in [-0.39, 0.29) is 41.4 Å². The monoisotopic (exact) mass is 810 g/mol. The summed E-state index contributed by atoms with van der Waals surface area (Å²) in [5.74, 6) is -1.71. The van der Waals surface area contributed by atoms with E-state index < -0.39 is 114 Å². The van der Waals surface area contributed by atoms with Gasteiger partial charge in [-0.3, -0.25) is 9.59 Å². The van der Waals surface area contributed by atoms with Gasteiger partial charge in [0.1, 0.15) is 48.8 Å². The third-order valence-corrected chi connectivity index (χ3v) is 17.4. The van der Waals surface area contributed by atoms with Gasteiger partial charge in [-0.15, -0.1) is 0 Å². The molecule has 6 fully saturated rings. The SMILES string of the molecule is C[C@H]1[C@H](C)CC[C@]2(C(=O)O)CC[C@]3(C(=O)O)C(=CC[C@@H]4[C@@]5(C)CC[C@H](O[C@@H]6O[C@H](CO)[C@@H](O)[C@H](O)[C@H]6O[C@@H]6O[C@H](CO)[C@@H](O)[C@H](O)[C@H]6O)C(C)(C)[C@@H]5CC[C@]43C)[C@H]12. The maximum absolute atomic E-state index is 14.0. The second-order valence-corrected chi connectivity index (χ2v) is 20.0. The van der Waals surface area contributed by atoms with Crippen molar-refractivity contribution in [3.05, 3.63) is 11.6 Å². The average Bonchev–Trinajstić information content (AvgIpc) is 3.16. The van der Waals surface area contributed by atoms with Gasteiger partial charge in [-0.2, -0.15) is 0 Å². The molecule has 7 rings (SSSR count). The second kappa shape index (κ2) is 15.0. The van der Waals surface area contributed by atoms with E-state index >= 15 is 0 Å². The number of fused-ring (bicyclic) bond motifs is 7. The van der Waals surface area contributed by atoms with Gasteiger partial charge in [0, 0.05) is 0 Å². The number of rotatable bonds is 8. The van der Waals surface area contributed by atoms with Gasteiger partial charge in [-0.25, -0.2) is 0 Å². The minimum Gasteiger partial charge on any atom is -0.481 e. The number of carbonyl (C=O) groups is 2. The molecule has 20 atom stereocenters. The van der Waals surface area contributed by atoms with E-state index in [9.17, 15) is 55.5 Å². The number of carboxylic acid groups (broad SMARTS) is 2. The van der Waals surface area contributed by atoms with Crippen molar-refractivity contribution in [1.29, 1.82) is 0 Å². The average molecular weight is 811 g/mol. The van der Waals surface area contributed by atoms with Crippen LogP contribution >= 0.6 is 0 Å². The largest absolute Gasteiger partial charge is 0.481 e. The van der Waals surface area contributed by atoms with Crippen molar-refractivity contribution in [3.63, 3.8) is 0 Å². The molecule has 2 heterocycles. The molecule has 57 heavy (non-hydrogen) atoms. The zero-order valence-corrected chi connectivity index (χ0v) is 34.1. The number of hydrogen-bond acceptors (Lipinski definition) is 13. The highest BCUT2D eigenvalue weighted by Crippen LogP contribution is 2.76. The van der Waals surface area contributed by atoms with E-state index in [1.54, 1.807) is 0 Å². The highest BCUT2D eigenvalue weighted by molar-refractivity contribution is 5.84. The number of aliphatic hydroxyl groups excluding tert-OH is 7. The van der Waals surface area contributed by atoms with Crippen LogP contribution in [0.2, 0.25) is 0 Å². The zero-order chi connectivity index (χ0) is 41.8. The molecule has 9 N–H and O–H groups in total. The lowest BCUT2D eigenvalue weighted by molar-refractivity contribution is -0.378. The molecule has 5 aliphatic carbocycles. The molecule has 0 aromatic rings. The number of hydrogen-bond donors (Lipinski definition) is 9. The molecule has 0 bridgehead atoms. The third-order valence-electron chi connectivity index (χ3n) is 17.4. The molecule has 0 aromatic carbocycles. The number of allylic oxidation sites excluding steroid dienone is 1. The molecule has 0 spiro atoms. The molecule has 0 unspecified atom stereocenters. The Bertz CT molecular complexity index is 1570. The van der Waals surface area contributed by atoms with Crippen molar-refractivity contribution in [3.8, 4) is 0 Å². The highest BCUT2D eigenvalue weighted by Gasteiger charge is 2.73. The fourth-order valence-electron chi connectivity index (χ4n) is 14.0. The summed E-state index contributed by atoms with van der Waals surface area (Å²) in [6.45, 7) is 11.6. The lowest BCUT2D eigenvalue weighted by Gasteiger charge is -2.70. The Morgan fingerprint density at radius 2 is 1.35 bits per heavy atom. The Hall–Kier alpha value is -1.76. The van der Waals surface area contributed by atoms with Gasteiger partial charge < -0.3 is 64.9 Å². The van der Waals surface area contributed by atoms with E-state index in [2.05, 4.69) is 47.6 Å². The normalized spacial score (nSPS) is 53.3. The van der Waals surface area contributed by atoms with Gasteiger partial charge >= 0.3 is 11.9 Å². The van der Waals surface area contributed by atoms with Crippen LogP contribution in [0.15, 0.2) is 11.6 Å². The second-order valence-electron chi connectivity index (χ2n) is 20.0. The molecule has 7 aliphatic rings. The van der Waals surface area contributed by atoms with Crippen LogP contribution in [-0.4, -0.2) is 139 Å². The van der Waals surface area contributed by atoms with Gasteiger partial charge in [0.2, 0.25) is 0 Å².